The minimum absolute atomic E-state index is 0.140. The Bertz CT molecular complexity index is 442. The molecule has 2 rings (SSSR count). The monoisotopic (exact) mass is 250 g/mol. The fourth-order valence-corrected chi connectivity index (χ4v) is 2.33. The van der Waals surface area contributed by atoms with Gasteiger partial charge in [-0.15, -0.1) is 0 Å². The molecule has 1 aromatic carbocycles. The first-order valence-electron chi connectivity index (χ1n) is 5.76. The number of nitrogens with zero attached hydrogens (tertiary/aromatic N) is 1. The van der Waals surface area contributed by atoms with E-state index in [4.69, 9.17) is 27.3 Å². The van der Waals surface area contributed by atoms with Gasteiger partial charge in [-0.2, -0.15) is 5.26 Å². The number of nitriles is 1. The predicted molar refractivity (Wildman–Crippen MR) is 66.6 cm³/mol. The number of nitrogens with two attached hydrogens (primary N) is 1. The summed E-state index contributed by atoms with van der Waals surface area (Å²) in [4.78, 5) is 0. The Morgan fingerprint density at radius 1 is 1.47 bits per heavy atom. The first-order valence-corrected chi connectivity index (χ1v) is 6.14. The van der Waals surface area contributed by atoms with Crippen molar-refractivity contribution in [3.8, 4) is 6.07 Å². The molecular formula is C13H15ClN2O. The zero-order chi connectivity index (χ0) is 12.3. The van der Waals surface area contributed by atoms with Crippen LogP contribution in [-0.2, 0) is 11.3 Å². The Morgan fingerprint density at radius 2 is 2.29 bits per heavy atom. The lowest BCUT2D eigenvalue weighted by molar-refractivity contribution is 0.0358. The zero-order valence-corrected chi connectivity index (χ0v) is 10.3. The predicted octanol–water partition coefficient (Wildman–Crippen LogP) is 2.61. The first-order chi connectivity index (χ1) is 8.20. The SMILES string of the molecule is N#Cc1ccc(COC2CCCC2N)c(Cl)c1. The number of ether oxygens (including phenoxy) is 1. The standard InChI is InChI=1S/C13H15ClN2O/c14-11-6-9(7-15)4-5-10(11)8-17-13-3-1-2-12(13)16/h4-6,12-13H,1-3,8,16H2. The first kappa shape index (κ1) is 12.4. The Labute approximate surface area is 106 Å². The summed E-state index contributed by atoms with van der Waals surface area (Å²) in [5.74, 6) is 0. The van der Waals surface area contributed by atoms with Crippen molar-refractivity contribution in [1.29, 1.82) is 5.26 Å². The number of halogens is 1. The van der Waals surface area contributed by atoms with Gasteiger partial charge in [-0.3, -0.25) is 0 Å². The van der Waals surface area contributed by atoms with Crippen LogP contribution in [0.3, 0.4) is 0 Å². The van der Waals surface area contributed by atoms with Crippen LogP contribution in [-0.4, -0.2) is 12.1 Å². The third-order valence-electron chi connectivity index (χ3n) is 3.14. The molecule has 1 aromatic rings. The Hall–Kier alpha value is -1.08. The van der Waals surface area contributed by atoms with E-state index in [1.165, 1.54) is 0 Å². The second-order valence-electron chi connectivity index (χ2n) is 4.36. The highest BCUT2D eigenvalue weighted by molar-refractivity contribution is 6.31. The van der Waals surface area contributed by atoms with Gasteiger partial charge in [0.25, 0.3) is 0 Å². The van der Waals surface area contributed by atoms with Gasteiger partial charge in [-0.25, -0.2) is 0 Å². The lowest BCUT2D eigenvalue weighted by Gasteiger charge is -2.16. The topological polar surface area (TPSA) is 59.0 Å². The molecule has 0 saturated heterocycles. The molecule has 0 heterocycles. The van der Waals surface area contributed by atoms with E-state index in [-0.39, 0.29) is 12.1 Å². The van der Waals surface area contributed by atoms with Gasteiger partial charge < -0.3 is 10.5 Å². The molecule has 1 aliphatic carbocycles. The lowest BCUT2D eigenvalue weighted by Crippen LogP contribution is -2.31. The molecule has 0 radical (unpaired) electrons. The quantitative estimate of drug-likeness (QED) is 0.897. The van der Waals surface area contributed by atoms with E-state index in [0.29, 0.717) is 17.2 Å². The van der Waals surface area contributed by atoms with Crippen LogP contribution in [0.25, 0.3) is 0 Å². The molecule has 3 nitrogen and oxygen atoms in total. The third-order valence-corrected chi connectivity index (χ3v) is 3.49. The molecule has 1 saturated carbocycles. The molecule has 0 aliphatic heterocycles. The maximum Gasteiger partial charge on any atom is 0.0992 e. The zero-order valence-electron chi connectivity index (χ0n) is 9.53. The Morgan fingerprint density at radius 3 is 2.88 bits per heavy atom. The molecule has 90 valence electrons. The highest BCUT2D eigenvalue weighted by Gasteiger charge is 2.24. The van der Waals surface area contributed by atoms with Gasteiger partial charge in [0, 0.05) is 11.1 Å². The molecule has 2 atom stereocenters. The van der Waals surface area contributed by atoms with Crippen LogP contribution in [0.5, 0.6) is 0 Å². The smallest absolute Gasteiger partial charge is 0.0992 e. The summed E-state index contributed by atoms with van der Waals surface area (Å²) in [6, 6.07) is 7.44. The Kier molecular flexibility index (Phi) is 4.01. The number of hydrogen-bond acceptors (Lipinski definition) is 3. The fourth-order valence-electron chi connectivity index (χ4n) is 2.09. The molecule has 1 fully saturated rings. The second kappa shape index (κ2) is 5.50. The van der Waals surface area contributed by atoms with Gasteiger partial charge >= 0.3 is 0 Å². The van der Waals surface area contributed by atoms with E-state index in [1.807, 2.05) is 6.07 Å². The van der Waals surface area contributed by atoms with Crippen molar-refractivity contribution in [2.75, 3.05) is 0 Å². The van der Waals surface area contributed by atoms with Gasteiger partial charge in [0.05, 0.1) is 24.3 Å². The fraction of sp³-hybridized carbons (Fsp3) is 0.462. The van der Waals surface area contributed by atoms with E-state index in [2.05, 4.69) is 6.07 Å². The summed E-state index contributed by atoms with van der Waals surface area (Å²) in [5.41, 5.74) is 7.40. The van der Waals surface area contributed by atoms with Crippen LogP contribution in [0.4, 0.5) is 0 Å². The molecule has 17 heavy (non-hydrogen) atoms. The van der Waals surface area contributed by atoms with Crippen molar-refractivity contribution < 1.29 is 4.74 Å². The van der Waals surface area contributed by atoms with Crippen LogP contribution in [0.1, 0.15) is 30.4 Å². The second-order valence-corrected chi connectivity index (χ2v) is 4.77. The summed E-state index contributed by atoms with van der Waals surface area (Å²) < 4.78 is 5.76. The average molecular weight is 251 g/mol. The van der Waals surface area contributed by atoms with E-state index in [0.717, 1.165) is 24.8 Å². The molecule has 0 spiro atoms. The largest absolute Gasteiger partial charge is 0.372 e. The van der Waals surface area contributed by atoms with E-state index < -0.39 is 0 Å². The van der Waals surface area contributed by atoms with Crippen molar-refractivity contribution >= 4 is 11.6 Å². The molecule has 2 N–H and O–H groups in total. The van der Waals surface area contributed by atoms with Crippen LogP contribution >= 0.6 is 11.6 Å². The van der Waals surface area contributed by atoms with Crippen LogP contribution < -0.4 is 5.73 Å². The molecule has 0 amide bonds. The van der Waals surface area contributed by atoms with Crippen LogP contribution in [0.2, 0.25) is 5.02 Å². The number of rotatable bonds is 3. The summed E-state index contributed by atoms with van der Waals surface area (Å²) >= 11 is 6.07. The van der Waals surface area contributed by atoms with E-state index >= 15 is 0 Å². The normalized spacial score (nSPS) is 23.6. The van der Waals surface area contributed by atoms with Gasteiger partial charge in [-0.1, -0.05) is 17.7 Å². The molecule has 4 heteroatoms. The highest BCUT2D eigenvalue weighted by Crippen LogP contribution is 2.24. The summed E-state index contributed by atoms with van der Waals surface area (Å²) in [7, 11) is 0. The summed E-state index contributed by atoms with van der Waals surface area (Å²) in [6.07, 6.45) is 3.33. The maximum atomic E-state index is 8.73. The molecule has 1 aliphatic rings. The number of hydrogen-bond donors (Lipinski definition) is 1. The summed E-state index contributed by atoms with van der Waals surface area (Å²) in [6.45, 7) is 0.461. The van der Waals surface area contributed by atoms with Crippen LogP contribution in [0.15, 0.2) is 18.2 Å². The number of benzene rings is 1. The Balaban J connectivity index is 1.97. The molecule has 0 bridgehead atoms. The van der Waals surface area contributed by atoms with Crippen molar-refractivity contribution in [2.24, 2.45) is 5.73 Å². The van der Waals surface area contributed by atoms with Crippen molar-refractivity contribution in [1.82, 2.24) is 0 Å². The summed E-state index contributed by atoms with van der Waals surface area (Å²) in [5, 5.41) is 9.31. The molecule has 2 unspecified atom stereocenters. The van der Waals surface area contributed by atoms with Gasteiger partial charge in [-0.05, 0) is 37.0 Å². The maximum absolute atomic E-state index is 8.73. The van der Waals surface area contributed by atoms with E-state index in [9.17, 15) is 0 Å². The van der Waals surface area contributed by atoms with E-state index in [1.54, 1.807) is 12.1 Å². The van der Waals surface area contributed by atoms with Crippen molar-refractivity contribution in [3.63, 3.8) is 0 Å². The minimum atomic E-state index is 0.140. The molecular weight excluding hydrogens is 236 g/mol. The lowest BCUT2D eigenvalue weighted by atomic mass is 10.1. The third kappa shape index (κ3) is 2.98. The van der Waals surface area contributed by atoms with Gasteiger partial charge in [0.2, 0.25) is 0 Å². The average Bonchev–Trinajstić information content (AvgIpc) is 2.73. The minimum Gasteiger partial charge on any atom is -0.372 e. The highest BCUT2D eigenvalue weighted by atomic mass is 35.5. The van der Waals surface area contributed by atoms with Crippen molar-refractivity contribution in [2.45, 2.75) is 38.0 Å². The van der Waals surface area contributed by atoms with Crippen molar-refractivity contribution in [3.05, 3.63) is 34.3 Å². The van der Waals surface area contributed by atoms with Crippen LogP contribution in [0, 0.1) is 11.3 Å². The van der Waals surface area contributed by atoms with Gasteiger partial charge in [0.15, 0.2) is 0 Å². The molecule has 0 aromatic heterocycles. The van der Waals surface area contributed by atoms with Gasteiger partial charge in [0.1, 0.15) is 0 Å².